The number of benzene rings is 2. The predicted molar refractivity (Wildman–Crippen MR) is 90.7 cm³/mol. The van der Waals surface area contributed by atoms with E-state index in [0.29, 0.717) is 12.0 Å². The summed E-state index contributed by atoms with van der Waals surface area (Å²) < 4.78 is 0.964. The van der Waals surface area contributed by atoms with Crippen LogP contribution in [0.5, 0.6) is 0 Å². The van der Waals surface area contributed by atoms with Gasteiger partial charge < -0.3 is 0 Å². The minimum absolute atomic E-state index is 0.0199. The molecule has 1 aliphatic heterocycles. The maximum atomic E-state index is 10.9. The van der Waals surface area contributed by atoms with E-state index in [-0.39, 0.29) is 5.69 Å². The van der Waals surface area contributed by atoms with Gasteiger partial charge in [-0.2, -0.15) is 5.26 Å². The zero-order valence-corrected chi connectivity index (χ0v) is 13.4. The summed E-state index contributed by atoms with van der Waals surface area (Å²) in [5.74, 6) is 0. The zero-order valence-electron chi connectivity index (χ0n) is 11.9. The van der Waals surface area contributed by atoms with Crippen molar-refractivity contribution in [3.05, 3.63) is 74.4 Å². The second-order valence-corrected chi connectivity index (χ2v) is 5.92. The smallest absolute Gasteiger partial charge is 0.269 e. The molecule has 2 aromatic rings. The summed E-state index contributed by atoms with van der Waals surface area (Å²) in [7, 11) is 0. The molecule has 0 fully saturated rings. The molecule has 0 radical (unpaired) electrons. The lowest BCUT2D eigenvalue weighted by molar-refractivity contribution is -0.384. The van der Waals surface area contributed by atoms with Crippen LogP contribution in [-0.2, 0) is 6.42 Å². The Kier molecular flexibility index (Phi) is 4.00. The predicted octanol–water partition coefficient (Wildman–Crippen LogP) is 4.15. The van der Waals surface area contributed by atoms with Crippen molar-refractivity contribution in [2.75, 3.05) is 10.4 Å². The van der Waals surface area contributed by atoms with Crippen molar-refractivity contribution in [3.8, 4) is 6.07 Å². The molecular weight excluding hydrogens is 360 g/mol. The number of hydrogen-bond acceptors (Lipinski definition) is 5. The molecule has 0 saturated heterocycles. The van der Waals surface area contributed by atoms with E-state index in [1.807, 2.05) is 24.3 Å². The Morgan fingerprint density at radius 1 is 1.26 bits per heavy atom. The highest BCUT2D eigenvalue weighted by molar-refractivity contribution is 9.10. The SMILES string of the molecule is N#CC1=CN(Nc2ccc(Br)cc2)c2ccc([N+](=O)[O-])cc2C1. The topological polar surface area (TPSA) is 82.2 Å². The van der Waals surface area contributed by atoms with Crippen LogP contribution in [-0.4, -0.2) is 4.92 Å². The lowest BCUT2D eigenvalue weighted by Gasteiger charge is -2.28. The molecule has 3 rings (SSSR count). The van der Waals surface area contributed by atoms with Gasteiger partial charge in [-0.15, -0.1) is 0 Å². The molecule has 23 heavy (non-hydrogen) atoms. The van der Waals surface area contributed by atoms with E-state index >= 15 is 0 Å². The maximum absolute atomic E-state index is 10.9. The second kappa shape index (κ2) is 6.10. The molecular formula is C16H11BrN4O2. The fraction of sp³-hybridized carbons (Fsp3) is 0.0625. The molecule has 0 spiro atoms. The van der Waals surface area contributed by atoms with Gasteiger partial charge in [0.15, 0.2) is 0 Å². The molecule has 1 aliphatic rings. The van der Waals surface area contributed by atoms with E-state index < -0.39 is 4.92 Å². The largest absolute Gasteiger partial charge is 0.294 e. The Hall–Kier alpha value is -2.85. The monoisotopic (exact) mass is 370 g/mol. The van der Waals surface area contributed by atoms with Gasteiger partial charge in [0.2, 0.25) is 0 Å². The van der Waals surface area contributed by atoms with E-state index in [1.54, 1.807) is 17.3 Å². The van der Waals surface area contributed by atoms with Crippen LogP contribution in [0.4, 0.5) is 17.1 Å². The standard InChI is InChI=1S/C16H11BrN4O2/c17-13-1-3-14(4-2-13)19-20-10-11(9-18)7-12-8-15(21(22)23)5-6-16(12)20/h1-6,8,10,19H,7H2. The van der Waals surface area contributed by atoms with Gasteiger partial charge >= 0.3 is 0 Å². The number of halogens is 1. The van der Waals surface area contributed by atoms with Crippen molar-refractivity contribution in [3.63, 3.8) is 0 Å². The lowest BCUT2D eigenvalue weighted by atomic mass is 10.0. The molecule has 0 saturated carbocycles. The van der Waals surface area contributed by atoms with E-state index in [0.717, 1.165) is 21.4 Å². The Bertz CT molecular complexity index is 840. The average Bonchev–Trinajstić information content (AvgIpc) is 2.56. The number of nitriles is 1. The molecule has 0 atom stereocenters. The van der Waals surface area contributed by atoms with Crippen molar-refractivity contribution >= 4 is 33.0 Å². The molecule has 0 amide bonds. The van der Waals surface area contributed by atoms with Gasteiger partial charge in [0.25, 0.3) is 5.69 Å². The number of nitro groups is 1. The molecule has 0 aromatic heterocycles. The third-order valence-corrected chi connectivity index (χ3v) is 3.97. The highest BCUT2D eigenvalue weighted by atomic mass is 79.9. The number of rotatable bonds is 3. The van der Waals surface area contributed by atoms with Crippen molar-refractivity contribution < 1.29 is 4.92 Å². The summed E-state index contributed by atoms with van der Waals surface area (Å²) in [6.45, 7) is 0. The molecule has 0 unspecified atom stereocenters. The van der Waals surface area contributed by atoms with Crippen LogP contribution >= 0.6 is 15.9 Å². The van der Waals surface area contributed by atoms with Crippen molar-refractivity contribution in [1.82, 2.24) is 0 Å². The summed E-state index contributed by atoms with van der Waals surface area (Å²) >= 11 is 3.38. The van der Waals surface area contributed by atoms with Gasteiger partial charge in [0, 0.05) is 29.2 Å². The van der Waals surface area contributed by atoms with E-state index in [4.69, 9.17) is 0 Å². The summed E-state index contributed by atoms with van der Waals surface area (Å²) in [4.78, 5) is 10.5. The number of allylic oxidation sites excluding steroid dienone is 1. The van der Waals surface area contributed by atoms with E-state index in [9.17, 15) is 15.4 Å². The number of non-ortho nitro benzene ring substituents is 1. The number of fused-ring (bicyclic) bond motifs is 1. The van der Waals surface area contributed by atoms with Crippen LogP contribution in [0.25, 0.3) is 0 Å². The van der Waals surface area contributed by atoms with Gasteiger partial charge in [-0.1, -0.05) is 15.9 Å². The third-order valence-electron chi connectivity index (χ3n) is 3.44. The van der Waals surface area contributed by atoms with Crippen LogP contribution in [0.3, 0.4) is 0 Å². The maximum Gasteiger partial charge on any atom is 0.269 e. The normalized spacial score (nSPS) is 12.9. The number of anilines is 2. The first-order valence-corrected chi connectivity index (χ1v) is 7.55. The second-order valence-electron chi connectivity index (χ2n) is 5.00. The molecule has 1 N–H and O–H groups in total. The summed E-state index contributed by atoms with van der Waals surface area (Å²) in [5, 5.41) is 21.8. The van der Waals surface area contributed by atoms with Crippen LogP contribution in [0.15, 0.2) is 58.7 Å². The van der Waals surface area contributed by atoms with Crippen LogP contribution in [0.2, 0.25) is 0 Å². The lowest BCUT2D eigenvalue weighted by Crippen LogP contribution is -2.28. The first-order chi connectivity index (χ1) is 11.1. The highest BCUT2D eigenvalue weighted by Crippen LogP contribution is 2.32. The molecule has 6 nitrogen and oxygen atoms in total. The van der Waals surface area contributed by atoms with Crippen molar-refractivity contribution in [2.45, 2.75) is 6.42 Å². The molecule has 2 aromatic carbocycles. The van der Waals surface area contributed by atoms with Crippen molar-refractivity contribution in [1.29, 1.82) is 5.26 Å². The van der Waals surface area contributed by atoms with Crippen LogP contribution in [0, 0.1) is 21.4 Å². The molecule has 0 bridgehead atoms. The first-order valence-electron chi connectivity index (χ1n) is 6.76. The molecule has 0 aliphatic carbocycles. The summed E-state index contributed by atoms with van der Waals surface area (Å²) in [5.41, 5.74) is 6.11. The van der Waals surface area contributed by atoms with Crippen molar-refractivity contribution in [2.24, 2.45) is 0 Å². The number of nitrogens with zero attached hydrogens (tertiary/aromatic N) is 3. The molecule has 7 heteroatoms. The fourth-order valence-corrected chi connectivity index (χ4v) is 2.63. The number of nitro benzene ring substituents is 1. The van der Waals surface area contributed by atoms with Gasteiger partial charge in [0.1, 0.15) is 0 Å². The first kappa shape index (κ1) is 15.1. The minimum Gasteiger partial charge on any atom is -0.294 e. The number of nitrogens with one attached hydrogen (secondary N) is 1. The fourth-order valence-electron chi connectivity index (χ4n) is 2.36. The summed E-state index contributed by atoms with van der Waals surface area (Å²) in [6, 6.07) is 14.4. The van der Waals surface area contributed by atoms with Gasteiger partial charge in [-0.25, -0.2) is 0 Å². The Morgan fingerprint density at radius 3 is 2.65 bits per heavy atom. The zero-order chi connectivity index (χ0) is 16.4. The average molecular weight is 371 g/mol. The minimum atomic E-state index is -0.433. The number of hydrazine groups is 1. The Balaban J connectivity index is 1.97. The Labute approximate surface area is 140 Å². The van der Waals surface area contributed by atoms with Gasteiger partial charge in [-0.05, 0) is 35.9 Å². The third kappa shape index (κ3) is 3.17. The highest BCUT2D eigenvalue weighted by Gasteiger charge is 2.20. The number of hydrogen-bond donors (Lipinski definition) is 1. The van der Waals surface area contributed by atoms with Gasteiger partial charge in [0.05, 0.1) is 27.9 Å². The molecule has 114 valence electrons. The van der Waals surface area contributed by atoms with E-state index in [2.05, 4.69) is 27.4 Å². The summed E-state index contributed by atoms with van der Waals surface area (Å²) in [6.07, 6.45) is 2.09. The quantitative estimate of drug-likeness (QED) is 0.647. The van der Waals surface area contributed by atoms with Crippen LogP contribution in [0.1, 0.15) is 5.56 Å². The van der Waals surface area contributed by atoms with E-state index in [1.165, 1.54) is 12.1 Å². The van der Waals surface area contributed by atoms with Gasteiger partial charge in [-0.3, -0.25) is 20.5 Å². The molecule has 1 heterocycles. The Morgan fingerprint density at radius 2 is 2.00 bits per heavy atom. The van der Waals surface area contributed by atoms with Crippen LogP contribution < -0.4 is 10.4 Å².